The van der Waals surface area contributed by atoms with E-state index < -0.39 is 5.97 Å². The zero-order chi connectivity index (χ0) is 30.4. The number of rotatable bonds is 11. The van der Waals surface area contributed by atoms with Gasteiger partial charge in [0.05, 0.1) is 18.7 Å². The third-order valence-electron chi connectivity index (χ3n) is 8.14. The Bertz CT molecular complexity index is 1530. The molecule has 8 heteroatoms. The number of nitrogens with zero attached hydrogens (tertiary/aromatic N) is 3. The third-order valence-corrected chi connectivity index (χ3v) is 8.14. The monoisotopic (exact) mass is 582 g/mol. The van der Waals surface area contributed by atoms with Gasteiger partial charge in [-0.05, 0) is 72.2 Å². The highest BCUT2D eigenvalue weighted by Gasteiger charge is 2.31. The average Bonchev–Trinajstić information content (AvgIpc) is 2.99. The number of halogens is 1. The minimum Gasteiger partial charge on any atom is -0.493 e. The molecule has 0 aliphatic carbocycles. The van der Waals surface area contributed by atoms with Gasteiger partial charge in [-0.15, -0.1) is 0 Å². The van der Waals surface area contributed by atoms with Crippen LogP contribution in [0.3, 0.4) is 0 Å². The third kappa shape index (κ3) is 7.69. The van der Waals surface area contributed by atoms with Gasteiger partial charge >= 0.3 is 5.97 Å². The largest absolute Gasteiger partial charge is 0.493 e. The molecule has 5 rings (SSSR count). The molecular weight excluding hydrogens is 543 g/mol. The number of carbonyl (C=O) groups is 1. The zero-order valence-electron chi connectivity index (χ0n) is 25.1. The summed E-state index contributed by atoms with van der Waals surface area (Å²) in [6, 6.07) is 18.3. The Morgan fingerprint density at radius 2 is 1.77 bits per heavy atom. The van der Waals surface area contributed by atoms with Crippen LogP contribution in [0.15, 0.2) is 73.1 Å². The Morgan fingerprint density at radius 3 is 2.42 bits per heavy atom. The number of aliphatic carboxylic acids is 1. The van der Waals surface area contributed by atoms with Crippen LogP contribution in [-0.2, 0) is 24.2 Å². The maximum atomic E-state index is 13.2. The van der Waals surface area contributed by atoms with Crippen molar-refractivity contribution in [2.75, 3.05) is 29.9 Å². The first kappa shape index (κ1) is 30.0. The van der Waals surface area contributed by atoms with Gasteiger partial charge in [0.15, 0.2) is 0 Å². The van der Waals surface area contributed by atoms with Crippen LogP contribution < -0.4 is 15.0 Å². The molecule has 1 saturated heterocycles. The summed E-state index contributed by atoms with van der Waals surface area (Å²) < 4.78 is 19.2. The van der Waals surface area contributed by atoms with E-state index in [2.05, 4.69) is 29.0 Å². The van der Waals surface area contributed by atoms with E-state index in [0.717, 1.165) is 65.2 Å². The van der Waals surface area contributed by atoms with Crippen LogP contribution in [0.4, 0.5) is 15.9 Å². The van der Waals surface area contributed by atoms with E-state index >= 15 is 0 Å². The molecule has 2 aromatic heterocycles. The predicted molar refractivity (Wildman–Crippen MR) is 168 cm³/mol. The second-order valence-corrected chi connectivity index (χ2v) is 11.9. The fourth-order valence-corrected chi connectivity index (χ4v) is 5.52. The number of carboxylic acid groups (broad SMARTS) is 1. The number of pyridine rings is 2. The summed E-state index contributed by atoms with van der Waals surface area (Å²) in [7, 11) is 0. The highest BCUT2D eigenvalue weighted by Crippen LogP contribution is 2.44. The summed E-state index contributed by atoms with van der Waals surface area (Å²) in [6.45, 7) is 9.14. The number of hydrogen-bond acceptors (Lipinski definition) is 6. The van der Waals surface area contributed by atoms with Gasteiger partial charge in [0.25, 0.3) is 0 Å². The van der Waals surface area contributed by atoms with Gasteiger partial charge in [0.2, 0.25) is 0 Å². The van der Waals surface area contributed by atoms with Gasteiger partial charge < -0.3 is 20.1 Å². The quantitative estimate of drug-likeness (QED) is 0.195. The first-order chi connectivity index (χ1) is 20.7. The van der Waals surface area contributed by atoms with Gasteiger partial charge in [-0.1, -0.05) is 44.2 Å². The Balaban J connectivity index is 1.50. The lowest BCUT2D eigenvalue weighted by atomic mass is 9.82. The Kier molecular flexibility index (Phi) is 9.24. The van der Waals surface area contributed by atoms with Gasteiger partial charge in [-0.25, -0.2) is 9.37 Å². The molecule has 2 aromatic carbocycles. The molecule has 3 heterocycles. The smallest absolute Gasteiger partial charge is 0.307 e. The van der Waals surface area contributed by atoms with E-state index in [9.17, 15) is 14.3 Å². The van der Waals surface area contributed by atoms with Crippen LogP contribution in [0.2, 0.25) is 0 Å². The van der Waals surface area contributed by atoms with E-state index in [1.165, 1.54) is 12.1 Å². The van der Waals surface area contributed by atoms with E-state index in [0.29, 0.717) is 31.1 Å². The molecule has 43 heavy (non-hydrogen) atoms. The number of benzene rings is 2. The van der Waals surface area contributed by atoms with Crippen molar-refractivity contribution >= 4 is 17.5 Å². The number of anilines is 2. The van der Waals surface area contributed by atoms with E-state index in [1.807, 2.05) is 49.5 Å². The summed E-state index contributed by atoms with van der Waals surface area (Å²) in [5.41, 5.74) is 6.47. The maximum Gasteiger partial charge on any atom is 0.307 e. The number of ether oxygens (including phenoxy) is 1. The molecule has 0 unspecified atom stereocenters. The summed E-state index contributed by atoms with van der Waals surface area (Å²) in [5, 5.41) is 13.4. The van der Waals surface area contributed by atoms with Crippen molar-refractivity contribution in [1.82, 2.24) is 9.97 Å². The molecule has 7 nitrogen and oxygen atoms in total. The molecule has 1 aliphatic heterocycles. The number of nitrogens with one attached hydrogen (secondary N) is 1. The minimum atomic E-state index is -0.879. The molecule has 2 N–H and O–H groups in total. The van der Waals surface area contributed by atoms with Crippen molar-refractivity contribution in [3.8, 4) is 16.9 Å². The number of aromatic nitrogens is 2. The molecule has 0 radical (unpaired) electrons. The average molecular weight is 583 g/mol. The normalized spacial score (nSPS) is 14.4. The zero-order valence-corrected chi connectivity index (χ0v) is 25.1. The van der Waals surface area contributed by atoms with Crippen LogP contribution in [0, 0.1) is 18.2 Å². The molecule has 4 aromatic rings. The fraction of sp³-hybridized carbons (Fsp3) is 0.343. The van der Waals surface area contributed by atoms with Gasteiger partial charge in [-0.2, -0.15) is 0 Å². The van der Waals surface area contributed by atoms with Crippen LogP contribution in [0.1, 0.15) is 49.1 Å². The van der Waals surface area contributed by atoms with Crippen molar-refractivity contribution in [3.05, 3.63) is 101 Å². The van der Waals surface area contributed by atoms with Gasteiger partial charge in [-0.3, -0.25) is 9.78 Å². The fourth-order valence-electron chi connectivity index (χ4n) is 5.52. The van der Waals surface area contributed by atoms with E-state index in [-0.39, 0.29) is 17.7 Å². The minimum absolute atomic E-state index is 0.103. The number of carboxylic acids is 1. The summed E-state index contributed by atoms with van der Waals surface area (Å²) in [4.78, 5) is 23.6. The number of aryl methyl sites for hydroxylation is 1. The Morgan fingerprint density at radius 1 is 1.05 bits per heavy atom. The van der Waals surface area contributed by atoms with Crippen molar-refractivity contribution in [1.29, 1.82) is 0 Å². The van der Waals surface area contributed by atoms with Crippen LogP contribution >= 0.6 is 0 Å². The number of hydrogen-bond donors (Lipinski definition) is 2. The summed E-state index contributed by atoms with van der Waals surface area (Å²) in [6.07, 6.45) is 6.16. The second-order valence-electron chi connectivity index (χ2n) is 11.9. The molecule has 0 amide bonds. The first-order valence-electron chi connectivity index (χ1n) is 14.8. The molecule has 0 bridgehead atoms. The molecule has 0 atom stereocenters. The molecule has 1 fully saturated rings. The highest BCUT2D eigenvalue weighted by atomic mass is 19.1. The van der Waals surface area contributed by atoms with E-state index in [4.69, 9.17) is 9.72 Å². The maximum absolute atomic E-state index is 13.2. The van der Waals surface area contributed by atoms with Gasteiger partial charge in [0.1, 0.15) is 17.4 Å². The molecule has 224 valence electrons. The lowest BCUT2D eigenvalue weighted by Gasteiger charge is -2.40. The van der Waals surface area contributed by atoms with Crippen LogP contribution in [0.5, 0.6) is 5.75 Å². The lowest BCUT2D eigenvalue weighted by molar-refractivity contribution is -0.136. The molecule has 0 spiro atoms. The van der Waals surface area contributed by atoms with Crippen molar-refractivity contribution in [2.24, 2.45) is 5.41 Å². The standard InChI is InChI=1S/C35H39FN4O3/c1-24-30(21-31(41)42)33(40-18-15-35(2,3)16-19-40)32(34(39-24)38-23-26-5-4-17-37-22-26)27-8-12-29(13-9-27)43-20-14-25-6-10-28(36)11-7-25/h4-13,17,22H,14-16,18-21,23H2,1-3H3,(H,38,39)(H,41,42). The van der Waals surface area contributed by atoms with Crippen LogP contribution in [0.25, 0.3) is 11.1 Å². The van der Waals surface area contributed by atoms with Crippen molar-refractivity contribution in [3.63, 3.8) is 0 Å². The predicted octanol–water partition coefficient (Wildman–Crippen LogP) is 7.08. The first-order valence-corrected chi connectivity index (χ1v) is 14.8. The Hall–Kier alpha value is -4.46. The van der Waals surface area contributed by atoms with Crippen molar-refractivity contribution < 1.29 is 19.0 Å². The summed E-state index contributed by atoms with van der Waals surface area (Å²) in [5.74, 6) is 0.304. The molecule has 1 aliphatic rings. The van der Waals surface area contributed by atoms with Gasteiger partial charge in [0, 0.05) is 55.3 Å². The topological polar surface area (TPSA) is 87.6 Å². The number of piperidine rings is 1. The second kappa shape index (κ2) is 13.2. The molecule has 0 saturated carbocycles. The SMILES string of the molecule is Cc1nc(NCc2cccnc2)c(-c2ccc(OCCc3ccc(F)cc3)cc2)c(N2CCC(C)(C)CC2)c1CC(=O)O. The molecular formula is C35H39FN4O3. The summed E-state index contributed by atoms with van der Waals surface area (Å²) >= 11 is 0. The Labute approximate surface area is 252 Å². The lowest BCUT2D eigenvalue weighted by Crippen LogP contribution is -2.38. The van der Waals surface area contributed by atoms with E-state index in [1.54, 1.807) is 18.3 Å². The van der Waals surface area contributed by atoms with Crippen molar-refractivity contribution in [2.45, 2.75) is 53.0 Å². The highest BCUT2D eigenvalue weighted by molar-refractivity contribution is 5.91. The van der Waals surface area contributed by atoms with Crippen LogP contribution in [-0.4, -0.2) is 40.7 Å².